The molecule has 216 valence electrons. The number of aryl methyl sites for hydroxylation is 1. The first-order chi connectivity index (χ1) is 19.6. The molecule has 3 aromatic rings. The van der Waals surface area contributed by atoms with E-state index in [-0.39, 0.29) is 6.61 Å². The van der Waals surface area contributed by atoms with Crippen molar-refractivity contribution in [1.82, 2.24) is 25.1 Å². The number of amides is 1. The number of ether oxygens (including phenoxy) is 2. The van der Waals surface area contributed by atoms with Gasteiger partial charge < -0.3 is 9.47 Å². The van der Waals surface area contributed by atoms with Crippen molar-refractivity contribution in [3.8, 4) is 0 Å². The van der Waals surface area contributed by atoms with Crippen LogP contribution in [0.15, 0.2) is 70.8 Å². The lowest BCUT2D eigenvalue weighted by atomic mass is 9.90. The number of esters is 1. The number of hydrogen-bond donors (Lipinski definition) is 0. The van der Waals surface area contributed by atoms with E-state index in [0.717, 1.165) is 17.3 Å². The number of β-lactam (4-membered cyclic amide) rings is 1. The van der Waals surface area contributed by atoms with E-state index in [1.807, 2.05) is 66.9 Å². The fourth-order valence-corrected chi connectivity index (χ4v) is 7.12. The number of aromatic nitrogens is 4. The van der Waals surface area contributed by atoms with Gasteiger partial charge in [-0.15, -0.1) is 5.10 Å². The van der Waals surface area contributed by atoms with E-state index in [2.05, 4.69) is 20.5 Å². The first-order valence-electron chi connectivity index (χ1n) is 12.4. The fraction of sp³-hybridized carbons (Fsp3) is 0.385. The number of carbonyl (C=O) groups excluding carboxylic acids is 2. The van der Waals surface area contributed by atoms with Crippen molar-refractivity contribution in [1.29, 1.82) is 0 Å². The molecule has 0 bridgehead atoms. The second-order valence-corrected chi connectivity index (χ2v) is 13.9. The van der Waals surface area contributed by atoms with E-state index in [9.17, 15) is 9.59 Å². The molecule has 4 atom stereocenters. The summed E-state index contributed by atoms with van der Waals surface area (Å²) in [6.45, 7) is 0.127. The highest BCUT2D eigenvalue weighted by Crippen LogP contribution is 2.46. The molecule has 41 heavy (non-hydrogen) atoms. The molecule has 5 rings (SSSR count). The van der Waals surface area contributed by atoms with E-state index >= 15 is 0 Å². The van der Waals surface area contributed by atoms with Gasteiger partial charge in [-0.2, -0.15) is 11.8 Å². The van der Waals surface area contributed by atoms with Crippen LogP contribution < -0.4 is 0 Å². The number of benzene rings is 2. The minimum Gasteiger partial charge on any atom is -0.451 e. The number of thioether (sulfide) groups is 2. The summed E-state index contributed by atoms with van der Waals surface area (Å²) in [5, 5.41) is 12.2. The zero-order chi connectivity index (χ0) is 29.2. The summed E-state index contributed by atoms with van der Waals surface area (Å²) in [4.78, 5) is 33.3. The van der Waals surface area contributed by atoms with E-state index in [1.54, 1.807) is 7.05 Å². The van der Waals surface area contributed by atoms with Crippen LogP contribution in [-0.2, 0) is 26.1 Å². The average molecular weight is 656 g/mol. The molecule has 10 nitrogen and oxygen atoms in total. The molecule has 2 saturated heterocycles. The zero-order valence-corrected chi connectivity index (χ0v) is 25.7. The normalized spacial score (nSPS) is 24.4. The first kappa shape index (κ1) is 30.1. The van der Waals surface area contributed by atoms with Crippen LogP contribution >= 0.6 is 58.3 Å². The third-order valence-corrected chi connectivity index (χ3v) is 9.84. The van der Waals surface area contributed by atoms with Crippen LogP contribution in [0.2, 0.25) is 0 Å². The lowest BCUT2D eigenvalue weighted by Crippen LogP contribution is -2.78. The molecule has 0 unspecified atom stereocenters. The Hall–Kier alpha value is -2.35. The van der Waals surface area contributed by atoms with Crippen molar-refractivity contribution in [2.75, 3.05) is 18.6 Å². The highest BCUT2D eigenvalue weighted by atomic mass is 35.6. The van der Waals surface area contributed by atoms with E-state index in [1.165, 1.54) is 33.1 Å². The maximum Gasteiger partial charge on any atom is 0.331 e. The molecule has 2 aromatic carbocycles. The van der Waals surface area contributed by atoms with Gasteiger partial charge >= 0.3 is 5.97 Å². The summed E-state index contributed by atoms with van der Waals surface area (Å²) in [5.74, 6) is -0.650. The smallest absolute Gasteiger partial charge is 0.331 e. The van der Waals surface area contributed by atoms with Gasteiger partial charge in [0, 0.05) is 12.8 Å². The standard InChI is InChI=1S/C26H25Cl3N6O4S2/c1-34-24(31-32-33-34)41-15-25(40-2)14-38-22-18(30-13-26(27,28)29)21(36)35(22)20(25)23(37)39-19(16-9-5-3-6-10-16)17-11-7-4-8-12-17/h3-13,18-20,22H,14-15H2,1-2H3/t18-,20-,22+,25-/m0/s1. The highest BCUT2D eigenvalue weighted by molar-refractivity contribution is 8.03. The number of fused-ring (bicyclic) bond motifs is 1. The van der Waals surface area contributed by atoms with Crippen LogP contribution in [0.3, 0.4) is 0 Å². The Labute approximate surface area is 260 Å². The third kappa shape index (κ3) is 6.37. The average Bonchev–Trinajstić information content (AvgIpc) is 3.39. The Kier molecular flexibility index (Phi) is 9.17. The number of aliphatic imine (C=N–C) groups is 1. The van der Waals surface area contributed by atoms with Gasteiger partial charge in [0.25, 0.3) is 5.91 Å². The number of tetrazole rings is 1. The Morgan fingerprint density at radius 1 is 1.20 bits per heavy atom. The van der Waals surface area contributed by atoms with Gasteiger partial charge in [-0.25, -0.2) is 9.48 Å². The quantitative estimate of drug-likeness (QED) is 0.111. The van der Waals surface area contributed by atoms with Crippen molar-refractivity contribution < 1.29 is 19.1 Å². The summed E-state index contributed by atoms with van der Waals surface area (Å²) in [6, 6.07) is 16.9. The van der Waals surface area contributed by atoms with Crippen LogP contribution in [0.4, 0.5) is 0 Å². The van der Waals surface area contributed by atoms with Crippen molar-refractivity contribution in [2.24, 2.45) is 12.0 Å². The molecule has 2 aliphatic rings. The summed E-state index contributed by atoms with van der Waals surface area (Å²) in [5.41, 5.74) is 1.59. The van der Waals surface area contributed by atoms with Crippen LogP contribution in [-0.4, -0.2) is 88.7 Å². The van der Waals surface area contributed by atoms with Crippen molar-refractivity contribution in [2.45, 2.75) is 38.1 Å². The molecule has 2 fully saturated rings. The van der Waals surface area contributed by atoms with E-state index in [0.29, 0.717) is 10.9 Å². The van der Waals surface area contributed by atoms with Crippen LogP contribution in [0, 0.1) is 0 Å². The number of carbonyl (C=O) groups is 2. The Morgan fingerprint density at radius 3 is 2.37 bits per heavy atom. The van der Waals surface area contributed by atoms with Gasteiger partial charge in [0.1, 0.15) is 6.04 Å². The molecule has 1 amide bonds. The zero-order valence-electron chi connectivity index (χ0n) is 21.8. The summed E-state index contributed by atoms with van der Waals surface area (Å²) < 4.78 is 11.3. The Morgan fingerprint density at radius 2 is 1.83 bits per heavy atom. The molecule has 0 N–H and O–H groups in total. The van der Waals surface area contributed by atoms with E-state index in [4.69, 9.17) is 44.3 Å². The molecule has 0 spiro atoms. The molecule has 3 heterocycles. The molecule has 1 aromatic heterocycles. The van der Waals surface area contributed by atoms with Gasteiger partial charge in [-0.1, -0.05) is 107 Å². The molecule has 0 saturated carbocycles. The Bertz CT molecular complexity index is 1370. The van der Waals surface area contributed by atoms with Crippen LogP contribution in [0.5, 0.6) is 0 Å². The molecule has 0 radical (unpaired) electrons. The summed E-state index contributed by atoms with van der Waals surface area (Å²) in [6.07, 6.45) is 1.42. The first-order valence-corrected chi connectivity index (χ1v) is 15.7. The SMILES string of the molecule is CS[C@]1(CSc2nnnn2C)CO[C@@H]2[C@@H](N=CC(Cl)(Cl)Cl)C(=O)N2[C@H]1C(=O)OC(c1ccccc1)c1ccccc1. The third-order valence-electron chi connectivity index (χ3n) is 6.80. The second kappa shape index (κ2) is 12.5. The van der Waals surface area contributed by atoms with Gasteiger partial charge in [-0.05, 0) is 27.8 Å². The van der Waals surface area contributed by atoms with Gasteiger partial charge in [-0.3, -0.25) is 14.7 Å². The molecule has 0 aliphatic carbocycles. The molecule has 15 heteroatoms. The minimum absolute atomic E-state index is 0.127. The second-order valence-electron chi connectivity index (χ2n) is 9.40. The van der Waals surface area contributed by atoms with Crippen molar-refractivity contribution in [3.05, 3.63) is 71.8 Å². The number of nitrogens with zero attached hydrogens (tertiary/aromatic N) is 6. The van der Waals surface area contributed by atoms with Crippen LogP contribution in [0.25, 0.3) is 0 Å². The monoisotopic (exact) mass is 654 g/mol. The van der Waals surface area contributed by atoms with Crippen LogP contribution in [0.1, 0.15) is 17.2 Å². The number of hydrogen-bond acceptors (Lipinski definition) is 10. The topological polar surface area (TPSA) is 112 Å². The largest absolute Gasteiger partial charge is 0.451 e. The van der Waals surface area contributed by atoms with Crippen molar-refractivity contribution in [3.63, 3.8) is 0 Å². The Balaban J connectivity index is 1.49. The number of halogens is 3. The number of rotatable bonds is 9. The van der Waals surface area contributed by atoms with Crippen molar-refractivity contribution >= 4 is 76.4 Å². The van der Waals surface area contributed by atoms with Gasteiger partial charge in [0.2, 0.25) is 8.95 Å². The highest BCUT2D eigenvalue weighted by Gasteiger charge is 2.63. The lowest BCUT2D eigenvalue weighted by Gasteiger charge is -2.57. The predicted molar refractivity (Wildman–Crippen MR) is 160 cm³/mol. The minimum atomic E-state index is -1.78. The fourth-order valence-electron chi connectivity index (χ4n) is 4.75. The lowest BCUT2D eigenvalue weighted by molar-refractivity contribution is -0.216. The maximum absolute atomic E-state index is 14.3. The van der Waals surface area contributed by atoms with E-state index < -0.39 is 44.8 Å². The summed E-state index contributed by atoms with van der Waals surface area (Å²) >= 11 is 20.2. The molecule has 2 aliphatic heterocycles. The maximum atomic E-state index is 14.3. The summed E-state index contributed by atoms with van der Waals surface area (Å²) in [7, 11) is 1.73. The number of alkyl halides is 3. The predicted octanol–water partition coefficient (Wildman–Crippen LogP) is 4.11. The van der Waals surface area contributed by atoms with Gasteiger partial charge in [0.15, 0.2) is 18.4 Å². The molecular weight excluding hydrogens is 631 g/mol. The molecular formula is C26H25Cl3N6O4S2. The van der Waals surface area contributed by atoms with Gasteiger partial charge in [0.05, 0.1) is 17.6 Å².